The number of fused-ring (bicyclic) bond motifs is 4. The zero-order valence-electron chi connectivity index (χ0n) is 23.4. The maximum Gasteiger partial charge on any atom is 0.306 e. The predicted molar refractivity (Wildman–Crippen MR) is 138 cm³/mol. The van der Waals surface area contributed by atoms with Crippen molar-refractivity contribution in [3.05, 3.63) is 22.8 Å². The Hall–Kier alpha value is -2.45. The van der Waals surface area contributed by atoms with E-state index in [4.69, 9.17) is 5.11 Å². The van der Waals surface area contributed by atoms with Gasteiger partial charge in [-0.1, -0.05) is 47.1 Å². The second-order valence-electron chi connectivity index (χ2n) is 13.3. The van der Waals surface area contributed by atoms with Crippen molar-refractivity contribution in [3.8, 4) is 0 Å². The third-order valence-corrected chi connectivity index (χ3v) is 11.1. The molecule has 0 radical (unpaired) electrons. The van der Waals surface area contributed by atoms with Crippen molar-refractivity contribution in [2.24, 2.45) is 39.4 Å². The van der Waals surface area contributed by atoms with E-state index in [0.29, 0.717) is 12.0 Å². The first-order valence-corrected chi connectivity index (χ1v) is 13.5. The fourth-order valence-corrected chi connectivity index (χ4v) is 8.51. The zero-order chi connectivity index (χ0) is 28.7. The van der Waals surface area contributed by atoms with Gasteiger partial charge in [-0.2, -0.15) is 0 Å². The van der Waals surface area contributed by atoms with E-state index in [0.717, 1.165) is 0 Å². The van der Waals surface area contributed by atoms with Crippen LogP contribution < -0.4 is 0 Å². The SMILES string of the molecule is C/C(=C/C(=O)CC(C)C(=O)O)[C@H]1C[C@@H](O)[C@@]2(C)C3=C(C(=O)[C@H](O)[C@]12C)[C@@]1(C)CCC(=O)C(C)(C)C1CC3=O. The summed E-state index contributed by atoms with van der Waals surface area (Å²) in [6.45, 7) is 12.1. The van der Waals surface area contributed by atoms with Crippen LogP contribution in [0.15, 0.2) is 22.8 Å². The molecule has 0 spiro atoms. The van der Waals surface area contributed by atoms with Gasteiger partial charge in [0, 0.05) is 52.1 Å². The molecule has 3 N–H and O–H groups in total. The first-order valence-electron chi connectivity index (χ1n) is 13.5. The van der Waals surface area contributed by atoms with E-state index in [1.165, 1.54) is 13.0 Å². The Morgan fingerprint density at radius 2 is 1.66 bits per heavy atom. The number of ketones is 4. The normalized spacial score (nSPS) is 41.4. The van der Waals surface area contributed by atoms with E-state index >= 15 is 0 Å². The minimum absolute atomic E-state index is 0.0558. The van der Waals surface area contributed by atoms with Crippen LogP contribution in [-0.2, 0) is 24.0 Å². The summed E-state index contributed by atoms with van der Waals surface area (Å²) in [6, 6.07) is 0. The highest BCUT2D eigenvalue weighted by Crippen LogP contribution is 2.70. The highest BCUT2D eigenvalue weighted by molar-refractivity contribution is 6.14. The van der Waals surface area contributed by atoms with Gasteiger partial charge in [0.1, 0.15) is 11.9 Å². The molecule has 0 heterocycles. The maximum absolute atomic E-state index is 14.1. The summed E-state index contributed by atoms with van der Waals surface area (Å²) in [5, 5.41) is 32.4. The number of carbonyl (C=O) groups is 5. The molecule has 0 aliphatic heterocycles. The minimum atomic E-state index is -1.53. The van der Waals surface area contributed by atoms with Crippen LogP contribution in [0.1, 0.15) is 80.6 Å². The van der Waals surface area contributed by atoms with Gasteiger partial charge < -0.3 is 15.3 Å². The summed E-state index contributed by atoms with van der Waals surface area (Å²) in [5.74, 6) is -4.08. The molecule has 2 fully saturated rings. The molecule has 38 heavy (non-hydrogen) atoms. The highest BCUT2D eigenvalue weighted by Gasteiger charge is 2.73. The average molecular weight is 529 g/mol. The van der Waals surface area contributed by atoms with E-state index in [-0.39, 0.29) is 54.2 Å². The van der Waals surface area contributed by atoms with Crippen LogP contribution in [0.4, 0.5) is 0 Å². The highest BCUT2D eigenvalue weighted by atomic mass is 16.4. The molecule has 0 aromatic carbocycles. The largest absolute Gasteiger partial charge is 0.481 e. The Morgan fingerprint density at radius 1 is 1.05 bits per heavy atom. The smallest absolute Gasteiger partial charge is 0.306 e. The molecular formula is C30H40O8. The molecule has 2 saturated carbocycles. The number of carboxylic acids is 1. The number of carbonyl (C=O) groups excluding carboxylic acids is 4. The molecule has 4 aliphatic rings. The number of hydrogen-bond acceptors (Lipinski definition) is 7. The van der Waals surface area contributed by atoms with Crippen LogP contribution >= 0.6 is 0 Å². The third kappa shape index (κ3) is 3.52. The number of hydrogen-bond donors (Lipinski definition) is 3. The molecule has 0 aromatic heterocycles. The van der Waals surface area contributed by atoms with Gasteiger partial charge in [-0.25, -0.2) is 0 Å². The van der Waals surface area contributed by atoms with Gasteiger partial charge in [-0.3, -0.25) is 24.0 Å². The van der Waals surface area contributed by atoms with Crippen LogP contribution in [0.5, 0.6) is 0 Å². The molecule has 208 valence electrons. The number of Topliss-reactive ketones (excluding diaryl/α,β-unsaturated/α-hetero) is 3. The lowest BCUT2D eigenvalue weighted by atomic mass is 9.42. The van der Waals surface area contributed by atoms with Crippen LogP contribution in [0.3, 0.4) is 0 Å². The zero-order valence-corrected chi connectivity index (χ0v) is 23.4. The third-order valence-electron chi connectivity index (χ3n) is 11.1. The van der Waals surface area contributed by atoms with Crippen molar-refractivity contribution in [1.82, 2.24) is 0 Å². The molecule has 0 amide bonds. The molecule has 4 rings (SSSR count). The standard InChI is InChI=1S/C30H40O8/c1-14(10-16(31)11-15(2)26(37)38)17-12-21(34)30(7)22-18(32)13-19-27(3,4)20(33)8-9-28(19,5)23(22)24(35)25(36)29(17,30)6/h10,15,17,19,21,25,34,36H,8-9,11-13H2,1-7H3,(H,37,38)/b14-10-/t15?,17-,19?,21-,25+,28+,29+,30+/m1/s1. The Labute approximate surface area is 223 Å². The summed E-state index contributed by atoms with van der Waals surface area (Å²) in [4.78, 5) is 64.7. The Morgan fingerprint density at radius 3 is 2.24 bits per heavy atom. The van der Waals surface area contributed by atoms with E-state index in [2.05, 4.69) is 0 Å². The molecule has 8 heteroatoms. The predicted octanol–water partition coefficient (Wildman–Crippen LogP) is 3.23. The van der Waals surface area contributed by atoms with E-state index in [1.807, 2.05) is 20.8 Å². The number of aliphatic hydroxyl groups excluding tert-OH is 2. The van der Waals surface area contributed by atoms with Gasteiger partial charge in [-0.15, -0.1) is 0 Å². The lowest BCUT2D eigenvalue weighted by Gasteiger charge is -2.60. The summed E-state index contributed by atoms with van der Waals surface area (Å²) in [7, 11) is 0. The monoisotopic (exact) mass is 528 g/mol. The Kier molecular flexibility index (Phi) is 6.60. The Bertz CT molecular complexity index is 1210. The molecule has 2 unspecified atom stereocenters. The van der Waals surface area contributed by atoms with Gasteiger partial charge in [0.25, 0.3) is 0 Å². The molecule has 0 saturated heterocycles. The van der Waals surface area contributed by atoms with E-state index in [9.17, 15) is 34.2 Å². The summed E-state index contributed by atoms with van der Waals surface area (Å²) in [6.07, 6.45) is -0.559. The molecule has 0 aromatic rings. The number of aliphatic carboxylic acids is 1. The van der Waals surface area contributed by atoms with Crippen molar-refractivity contribution in [1.29, 1.82) is 0 Å². The summed E-state index contributed by atoms with van der Waals surface area (Å²) >= 11 is 0. The second-order valence-corrected chi connectivity index (χ2v) is 13.3. The second kappa shape index (κ2) is 8.78. The number of rotatable bonds is 5. The first kappa shape index (κ1) is 28.6. The van der Waals surface area contributed by atoms with Crippen molar-refractivity contribution in [3.63, 3.8) is 0 Å². The lowest BCUT2D eigenvalue weighted by molar-refractivity contribution is -0.156. The van der Waals surface area contributed by atoms with Gasteiger partial charge >= 0.3 is 5.97 Å². The van der Waals surface area contributed by atoms with Gasteiger partial charge in [0.05, 0.1) is 12.0 Å². The van der Waals surface area contributed by atoms with E-state index in [1.54, 1.807) is 20.8 Å². The maximum atomic E-state index is 14.1. The van der Waals surface area contributed by atoms with Crippen molar-refractivity contribution in [2.75, 3.05) is 0 Å². The topological polar surface area (TPSA) is 146 Å². The number of aliphatic hydroxyl groups is 2. The van der Waals surface area contributed by atoms with Gasteiger partial charge in [0.15, 0.2) is 17.3 Å². The van der Waals surface area contributed by atoms with Gasteiger partial charge in [-0.05, 0) is 37.7 Å². The molecule has 4 aliphatic carbocycles. The number of allylic oxidation sites excluding steroid dienone is 2. The fourth-order valence-electron chi connectivity index (χ4n) is 8.51. The van der Waals surface area contributed by atoms with Crippen LogP contribution in [-0.4, -0.2) is 56.6 Å². The van der Waals surface area contributed by atoms with Gasteiger partial charge in [0.2, 0.25) is 0 Å². The van der Waals surface area contributed by atoms with Crippen molar-refractivity contribution < 1.29 is 39.3 Å². The molecule has 0 bridgehead atoms. The molecule has 8 atom stereocenters. The van der Waals surface area contributed by atoms with Crippen molar-refractivity contribution in [2.45, 2.75) is 92.8 Å². The molecule has 8 nitrogen and oxygen atoms in total. The number of carboxylic acid groups (broad SMARTS) is 1. The Balaban J connectivity index is 1.86. The quantitative estimate of drug-likeness (QED) is 0.461. The van der Waals surface area contributed by atoms with Crippen LogP contribution in [0.2, 0.25) is 0 Å². The fraction of sp³-hybridized carbons (Fsp3) is 0.700. The first-order chi connectivity index (χ1) is 17.4. The average Bonchev–Trinajstić information content (AvgIpc) is 3.03. The van der Waals surface area contributed by atoms with E-state index < -0.39 is 63.4 Å². The molecular weight excluding hydrogens is 488 g/mol. The van der Waals surface area contributed by atoms with Crippen LogP contribution in [0, 0.1) is 39.4 Å². The minimum Gasteiger partial charge on any atom is -0.481 e. The lowest BCUT2D eigenvalue weighted by Crippen LogP contribution is -2.64. The summed E-state index contributed by atoms with van der Waals surface area (Å²) in [5.41, 5.74) is -3.08. The summed E-state index contributed by atoms with van der Waals surface area (Å²) < 4.78 is 0. The van der Waals surface area contributed by atoms with Crippen LogP contribution in [0.25, 0.3) is 0 Å². The van der Waals surface area contributed by atoms with Crippen molar-refractivity contribution >= 4 is 29.1 Å².